The topological polar surface area (TPSA) is 61.8 Å². The number of carbonyl (C=O) groups is 2. The first kappa shape index (κ1) is 20.9. The van der Waals surface area contributed by atoms with Crippen molar-refractivity contribution in [2.24, 2.45) is 0 Å². The molecule has 0 unspecified atom stereocenters. The van der Waals surface area contributed by atoms with Crippen LogP contribution in [0.15, 0.2) is 59.1 Å². The lowest BCUT2D eigenvalue weighted by Crippen LogP contribution is -2.26. The number of ether oxygens (including phenoxy) is 3. The van der Waals surface area contributed by atoms with Gasteiger partial charge in [0.2, 0.25) is 0 Å². The Labute approximate surface area is 177 Å². The molecule has 3 aromatic carbocycles. The highest BCUT2D eigenvalue weighted by Gasteiger charge is 2.26. The number of esters is 1. The molecular weight excluding hydrogens is 436 g/mol. The van der Waals surface area contributed by atoms with Crippen LogP contribution in [0.1, 0.15) is 36.7 Å². The van der Waals surface area contributed by atoms with Crippen LogP contribution in [0.2, 0.25) is 0 Å². The Kier molecular flexibility index (Phi) is 5.94. The molecule has 0 bridgehead atoms. The summed E-state index contributed by atoms with van der Waals surface area (Å²) in [5, 5.41) is 1.41. The van der Waals surface area contributed by atoms with Gasteiger partial charge in [-0.15, -0.1) is 0 Å². The van der Waals surface area contributed by atoms with Crippen LogP contribution in [-0.4, -0.2) is 17.7 Å². The van der Waals surface area contributed by atoms with Crippen molar-refractivity contribution in [1.82, 2.24) is 0 Å². The molecule has 0 aliphatic carbocycles. The van der Waals surface area contributed by atoms with Gasteiger partial charge in [0.25, 0.3) is 0 Å². The lowest BCUT2D eigenvalue weighted by Gasteiger charge is -2.20. The van der Waals surface area contributed by atoms with E-state index in [0.717, 1.165) is 9.86 Å². The van der Waals surface area contributed by atoms with Crippen LogP contribution < -0.4 is 9.47 Å². The predicted octanol–water partition coefficient (Wildman–Crippen LogP) is 6.44. The third-order valence-electron chi connectivity index (χ3n) is 3.99. The van der Waals surface area contributed by atoms with Gasteiger partial charge >= 0.3 is 12.1 Å². The zero-order valence-corrected chi connectivity index (χ0v) is 18.2. The molecule has 0 aromatic heterocycles. The molecule has 0 saturated carbocycles. The fraction of sp³-hybridized carbons (Fsp3) is 0.217. The molecule has 0 heterocycles. The van der Waals surface area contributed by atoms with Gasteiger partial charge in [-0.1, -0.05) is 46.3 Å². The number of halogens is 1. The summed E-state index contributed by atoms with van der Waals surface area (Å²) in [6, 6.07) is 16.1. The number of aryl methyl sites for hydroxylation is 1. The van der Waals surface area contributed by atoms with Gasteiger partial charge in [0.15, 0.2) is 5.75 Å². The van der Waals surface area contributed by atoms with Crippen LogP contribution in [0.5, 0.6) is 11.5 Å². The Morgan fingerprint density at radius 2 is 1.62 bits per heavy atom. The smallest absolute Gasteiger partial charge is 0.428 e. The van der Waals surface area contributed by atoms with Crippen molar-refractivity contribution in [3.8, 4) is 11.5 Å². The van der Waals surface area contributed by atoms with E-state index in [9.17, 15) is 9.59 Å². The normalized spacial score (nSPS) is 11.2. The van der Waals surface area contributed by atoms with E-state index in [-0.39, 0.29) is 11.3 Å². The second kappa shape index (κ2) is 8.25. The monoisotopic (exact) mass is 456 g/mol. The van der Waals surface area contributed by atoms with E-state index >= 15 is 0 Å². The number of carbonyl (C=O) groups excluding carboxylic acids is 2. The molecule has 0 N–H and O–H groups in total. The van der Waals surface area contributed by atoms with E-state index in [1.54, 1.807) is 58.0 Å². The van der Waals surface area contributed by atoms with Gasteiger partial charge in [0.1, 0.15) is 16.9 Å². The van der Waals surface area contributed by atoms with Gasteiger partial charge in [-0.25, -0.2) is 9.59 Å². The summed E-state index contributed by atoms with van der Waals surface area (Å²) in [6.45, 7) is 6.99. The molecule has 5 nitrogen and oxygen atoms in total. The van der Waals surface area contributed by atoms with E-state index < -0.39 is 17.7 Å². The maximum atomic E-state index is 13.0. The third-order valence-corrected chi connectivity index (χ3v) is 4.48. The highest BCUT2D eigenvalue weighted by molar-refractivity contribution is 9.10. The SMILES string of the molecule is Cc1cc2ccc(Br)cc2c(OC(=O)OC(C)(C)C)c1C(=O)Oc1ccccc1. The lowest BCUT2D eigenvalue weighted by atomic mass is 10.00. The first-order valence-corrected chi connectivity index (χ1v) is 9.84. The standard InChI is InChI=1S/C23H21BrO5/c1-14-12-15-10-11-16(24)13-18(15)20(28-22(26)29-23(2,3)4)19(14)21(25)27-17-8-6-5-7-9-17/h5-13H,1-4H3. The van der Waals surface area contributed by atoms with E-state index in [2.05, 4.69) is 15.9 Å². The molecule has 0 radical (unpaired) electrons. The average molecular weight is 457 g/mol. The summed E-state index contributed by atoms with van der Waals surface area (Å²) in [5.41, 5.74) is 0.0618. The number of hydrogen-bond acceptors (Lipinski definition) is 5. The minimum Gasteiger partial charge on any atom is -0.428 e. The third kappa shape index (κ3) is 5.15. The molecule has 0 fully saturated rings. The maximum Gasteiger partial charge on any atom is 0.514 e. The molecule has 3 rings (SSSR count). The van der Waals surface area contributed by atoms with E-state index in [4.69, 9.17) is 14.2 Å². The van der Waals surface area contributed by atoms with Crippen LogP contribution in [0, 0.1) is 6.92 Å². The highest BCUT2D eigenvalue weighted by atomic mass is 79.9. The van der Waals surface area contributed by atoms with Gasteiger partial charge < -0.3 is 14.2 Å². The quantitative estimate of drug-likeness (QED) is 0.257. The van der Waals surface area contributed by atoms with Crippen molar-refractivity contribution < 1.29 is 23.8 Å². The Morgan fingerprint density at radius 3 is 2.28 bits per heavy atom. The zero-order valence-electron chi connectivity index (χ0n) is 16.6. The van der Waals surface area contributed by atoms with Gasteiger partial charge in [-0.2, -0.15) is 0 Å². The maximum absolute atomic E-state index is 13.0. The minimum atomic E-state index is -0.891. The van der Waals surface area contributed by atoms with Crippen LogP contribution in [0.25, 0.3) is 10.8 Å². The fourth-order valence-electron chi connectivity index (χ4n) is 2.83. The highest BCUT2D eigenvalue weighted by Crippen LogP contribution is 2.36. The molecule has 0 amide bonds. The number of hydrogen-bond donors (Lipinski definition) is 0. The Morgan fingerprint density at radius 1 is 0.931 bits per heavy atom. The van der Waals surface area contributed by atoms with Crippen molar-refractivity contribution in [2.45, 2.75) is 33.3 Å². The molecule has 0 saturated heterocycles. The van der Waals surface area contributed by atoms with Crippen LogP contribution >= 0.6 is 15.9 Å². The van der Waals surface area contributed by atoms with Gasteiger partial charge in [0, 0.05) is 9.86 Å². The molecule has 29 heavy (non-hydrogen) atoms. The predicted molar refractivity (Wildman–Crippen MR) is 115 cm³/mol. The molecular formula is C23H21BrO5. The molecule has 3 aromatic rings. The lowest BCUT2D eigenvalue weighted by molar-refractivity contribution is 0.0207. The molecule has 0 spiro atoms. The summed E-state index contributed by atoms with van der Waals surface area (Å²) in [7, 11) is 0. The molecule has 150 valence electrons. The number of fused-ring (bicyclic) bond motifs is 1. The molecule has 0 atom stereocenters. The van der Waals surface area contributed by atoms with Crippen molar-refractivity contribution >= 4 is 38.8 Å². The van der Waals surface area contributed by atoms with E-state index in [1.165, 1.54) is 0 Å². The van der Waals surface area contributed by atoms with E-state index in [0.29, 0.717) is 16.7 Å². The Bertz CT molecular complexity index is 1070. The number of rotatable bonds is 3. The second-order valence-electron chi connectivity index (χ2n) is 7.53. The summed E-state index contributed by atoms with van der Waals surface area (Å²) in [4.78, 5) is 25.4. The fourth-order valence-corrected chi connectivity index (χ4v) is 3.19. The summed E-state index contributed by atoms with van der Waals surface area (Å²) < 4.78 is 17.1. The van der Waals surface area contributed by atoms with Crippen LogP contribution in [0.3, 0.4) is 0 Å². The van der Waals surface area contributed by atoms with Crippen molar-refractivity contribution in [2.75, 3.05) is 0 Å². The number of para-hydroxylation sites is 1. The van der Waals surface area contributed by atoms with Crippen LogP contribution in [-0.2, 0) is 4.74 Å². The molecule has 0 aliphatic rings. The largest absolute Gasteiger partial charge is 0.514 e. The van der Waals surface area contributed by atoms with Crippen molar-refractivity contribution in [3.05, 3.63) is 70.2 Å². The van der Waals surface area contributed by atoms with E-state index in [1.807, 2.05) is 24.3 Å². The number of benzene rings is 3. The Hall–Kier alpha value is -2.86. The Balaban J connectivity index is 2.10. The summed E-state index contributed by atoms with van der Waals surface area (Å²) in [5.74, 6) is -0.111. The molecule has 0 aliphatic heterocycles. The average Bonchev–Trinajstić information content (AvgIpc) is 2.61. The summed E-state index contributed by atoms with van der Waals surface area (Å²) >= 11 is 3.43. The molecule has 6 heteroatoms. The second-order valence-corrected chi connectivity index (χ2v) is 8.45. The minimum absolute atomic E-state index is 0.108. The van der Waals surface area contributed by atoms with Crippen molar-refractivity contribution in [1.29, 1.82) is 0 Å². The first-order chi connectivity index (χ1) is 13.6. The van der Waals surface area contributed by atoms with Gasteiger partial charge in [0.05, 0.1) is 0 Å². The van der Waals surface area contributed by atoms with Crippen molar-refractivity contribution in [3.63, 3.8) is 0 Å². The van der Waals surface area contributed by atoms with Crippen LogP contribution in [0.4, 0.5) is 4.79 Å². The zero-order chi connectivity index (χ0) is 21.2. The van der Waals surface area contributed by atoms with Gasteiger partial charge in [-0.05, 0) is 62.9 Å². The summed E-state index contributed by atoms with van der Waals surface area (Å²) in [6.07, 6.45) is -0.891. The first-order valence-electron chi connectivity index (χ1n) is 9.05. The van der Waals surface area contributed by atoms with Gasteiger partial charge in [-0.3, -0.25) is 0 Å².